The number of aliphatic hydroxyl groups excluding tert-OH is 1. The Kier molecular flexibility index (Phi) is 10.3. The van der Waals surface area contributed by atoms with Crippen molar-refractivity contribution in [2.75, 3.05) is 0 Å². The second-order valence-electron chi connectivity index (χ2n) is 4.21. The molecule has 0 heterocycles. The van der Waals surface area contributed by atoms with Gasteiger partial charge in [-0.1, -0.05) is 55.5 Å². The summed E-state index contributed by atoms with van der Waals surface area (Å²) in [6.07, 6.45) is 9.29. The highest BCUT2D eigenvalue weighted by molar-refractivity contribution is 9.09. The van der Waals surface area contributed by atoms with Gasteiger partial charge in [-0.05, 0) is 25.7 Å². The van der Waals surface area contributed by atoms with Gasteiger partial charge in [-0.2, -0.15) is 0 Å². The molecule has 0 aromatic carbocycles. The molecule has 0 amide bonds. The lowest BCUT2D eigenvalue weighted by Gasteiger charge is -2.10. The van der Waals surface area contributed by atoms with E-state index in [0.717, 1.165) is 19.3 Å². The Bertz CT molecular complexity index is 115. The van der Waals surface area contributed by atoms with Gasteiger partial charge in [0.25, 0.3) is 0 Å². The average molecular weight is 265 g/mol. The summed E-state index contributed by atoms with van der Waals surface area (Å²) in [6.45, 7) is 4.38. The van der Waals surface area contributed by atoms with Crippen LogP contribution < -0.4 is 0 Å². The number of halogens is 1. The monoisotopic (exact) mass is 264 g/mol. The predicted octanol–water partition coefficient (Wildman–Crippen LogP) is 4.27. The first kappa shape index (κ1) is 14.4. The Balaban J connectivity index is 3.15. The Morgan fingerprint density at radius 2 is 1.64 bits per heavy atom. The van der Waals surface area contributed by atoms with Crippen LogP contribution >= 0.6 is 15.9 Å². The minimum atomic E-state index is -0.0573. The van der Waals surface area contributed by atoms with Gasteiger partial charge in [-0.15, -0.1) is 0 Å². The van der Waals surface area contributed by atoms with Crippen molar-refractivity contribution in [2.24, 2.45) is 0 Å². The van der Waals surface area contributed by atoms with Crippen molar-refractivity contribution in [2.45, 2.75) is 76.1 Å². The molecule has 0 spiro atoms. The minimum Gasteiger partial charge on any atom is -0.393 e. The first-order valence-electron chi connectivity index (χ1n) is 5.99. The van der Waals surface area contributed by atoms with E-state index in [2.05, 4.69) is 29.8 Å². The van der Waals surface area contributed by atoms with Crippen LogP contribution in [0.4, 0.5) is 0 Å². The van der Waals surface area contributed by atoms with Crippen LogP contribution in [0.2, 0.25) is 0 Å². The van der Waals surface area contributed by atoms with E-state index in [9.17, 15) is 5.11 Å². The van der Waals surface area contributed by atoms with Gasteiger partial charge in [-0.25, -0.2) is 0 Å². The molecule has 0 bridgehead atoms. The largest absolute Gasteiger partial charge is 0.393 e. The van der Waals surface area contributed by atoms with Crippen LogP contribution in [0.25, 0.3) is 0 Å². The first-order chi connectivity index (χ1) is 6.66. The van der Waals surface area contributed by atoms with E-state index in [-0.39, 0.29) is 6.10 Å². The first-order valence-corrected chi connectivity index (χ1v) is 6.90. The molecule has 0 saturated carbocycles. The van der Waals surface area contributed by atoms with E-state index in [1.165, 1.54) is 32.1 Å². The third kappa shape index (κ3) is 10.5. The van der Waals surface area contributed by atoms with Crippen LogP contribution in [-0.4, -0.2) is 16.0 Å². The van der Waals surface area contributed by atoms with E-state index < -0.39 is 0 Å². The summed E-state index contributed by atoms with van der Waals surface area (Å²) < 4.78 is 0. The second kappa shape index (κ2) is 9.97. The van der Waals surface area contributed by atoms with Gasteiger partial charge >= 0.3 is 0 Å². The number of alkyl halides is 1. The maximum atomic E-state index is 9.65. The standard InChI is InChI=1S/C12H25BrO/c1-3-4-5-6-9-12(14)10-7-8-11(2)13/h11-12,14H,3-10H2,1-2H3. The van der Waals surface area contributed by atoms with Crippen LogP contribution in [-0.2, 0) is 0 Å². The molecular formula is C12H25BrO. The lowest BCUT2D eigenvalue weighted by Crippen LogP contribution is -2.06. The van der Waals surface area contributed by atoms with Crippen LogP contribution in [0.3, 0.4) is 0 Å². The number of unbranched alkanes of at least 4 members (excludes halogenated alkanes) is 3. The highest BCUT2D eigenvalue weighted by atomic mass is 79.9. The Morgan fingerprint density at radius 3 is 2.21 bits per heavy atom. The fourth-order valence-electron chi connectivity index (χ4n) is 1.59. The zero-order valence-electron chi connectivity index (χ0n) is 9.64. The molecule has 2 heteroatoms. The zero-order valence-corrected chi connectivity index (χ0v) is 11.2. The van der Waals surface area contributed by atoms with Crippen molar-refractivity contribution in [1.29, 1.82) is 0 Å². The van der Waals surface area contributed by atoms with Crippen LogP contribution in [0.15, 0.2) is 0 Å². The van der Waals surface area contributed by atoms with Gasteiger partial charge < -0.3 is 5.11 Å². The Labute approximate surface area is 97.4 Å². The van der Waals surface area contributed by atoms with Crippen LogP contribution in [0.1, 0.15) is 65.2 Å². The van der Waals surface area contributed by atoms with Crippen molar-refractivity contribution in [1.82, 2.24) is 0 Å². The number of aliphatic hydroxyl groups is 1. The Morgan fingerprint density at radius 1 is 1.00 bits per heavy atom. The molecule has 2 atom stereocenters. The fourth-order valence-corrected chi connectivity index (χ4v) is 1.91. The molecule has 0 radical (unpaired) electrons. The lowest BCUT2D eigenvalue weighted by atomic mass is 10.0. The topological polar surface area (TPSA) is 20.2 Å². The quantitative estimate of drug-likeness (QED) is 0.487. The summed E-state index contributed by atoms with van der Waals surface area (Å²) in [5, 5.41) is 9.65. The van der Waals surface area contributed by atoms with Crippen molar-refractivity contribution in [3.8, 4) is 0 Å². The molecule has 0 aliphatic heterocycles. The third-order valence-corrected chi connectivity index (χ3v) is 2.99. The molecule has 2 unspecified atom stereocenters. The van der Waals surface area contributed by atoms with Gasteiger partial charge in [0.1, 0.15) is 0 Å². The molecule has 0 aromatic rings. The van der Waals surface area contributed by atoms with E-state index in [4.69, 9.17) is 0 Å². The molecule has 0 rings (SSSR count). The maximum absolute atomic E-state index is 9.65. The van der Waals surface area contributed by atoms with Crippen molar-refractivity contribution >= 4 is 15.9 Å². The zero-order chi connectivity index (χ0) is 10.8. The third-order valence-electron chi connectivity index (χ3n) is 2.53. The summed E-state index contributed by atoms with van der Waals surface area (Å²) in [6, 6.07) is 0. The normalized spacial score (nSPS) is 15.4. The molecule has 14 heavy (non-hydrogen) atoms. The van der Waals surface area contributed by atoms with Gasteiger partial charge in [0, 0.05) is 4.83 Å². The second-order valence-corrected chi connectivity index (χ2v) is 5.78. The SMILES string of the molecule is CCCCCCC(O)CCCC(C)Br. The molecule has 0 saturated heterocycles. The van der Waals surface area contributed by atoms with E-state index >= 15 is 0 Å². The van der Waals surface area contributed by atoms with E-state index in [1.54, 1.807) is 0 Å². The van der Waals surface area contributed by atoms with Gasteiger partial charge in [0.2, 0.25) is 0 Å². The molecule has 1 N–H and O–H groups in total. The molecule has 0 fully saturated rings. The molecule has 0 aliphatic rings. The van der Waals surface area contributed by atoms with Crippen LogP contribution in [0, 0.1) is 0 Å². The summed E-state index contributed by atoms with van der Waals surface area (Å²) in [5.74, 6) is 0. The molecule has 86 valence electrons. The number of hydrogen-bond donors (Lipinski definition) is 1. The lowest BCUT2D eigenvalue weighted by molar-refractivity contribution is 0.147. The molecule has 0 aliphatic carbocycles. The smallest absolute Gasteiger partial charge is 0.0540 e. The maximum Gasteiger partial charge on any atom is 0.0540 e. The van der Waals surface area contributed by atoms with Crippen LogP contribution in [0.5, 0.6) is 0 Å². The summed E-state index contributed by atoms with van der Waals surface area (Å²) in [7, 11) is 0. The predicted molar refractivity (Wildman–Crippen MR) is 67.0 cm³/mol. The van der Waals surface area contributed by atoms with Crippen molar-refractivity contribution in [3.63, 3.8) is 0 Å². The fraction of sp³-hybridized carbons (Fsp3) is 1.00. The molecular weight excluding hydrogens is 240 g/mol. The van der Waals surface area contributed by atoms with E-state index in [0.29, 0.717) is 4.83 Å². The average Bonchev–Trinajstić information content (AvgIpc) is 2.12. The summed E-state index contributed by atoms with van der Waals surface area (Å²) in [4.78, 5) is 0.592. The van der Waals surface area contributed by atoms with Crippen molar-refractivity contribution in [3.05, 3.63) is 0 Å². The van der Waals surface area contributed by atoms with Gasteiger partial charge in [0.15, 0.2) is 0 Å². The highest BCUT2D eigenvalue weighted by Gasteiger charge is 2.04. The minimum absolute atomic E-state index is 0.0573. The number of hydrogen-bond acceptors (Lipinski definition) is 1. The van der Waals surface area contributed by atoms with Crippen molar-refractivity contribution < 1.29 is 5.11 Å². The van der Waals surface area contributed by atoms with Gasteiger partial charge in [0.05, 0.1) is 6.10 Å². The highest BCUT2D eigenvalue weighted by Crippen LogP contribution is 2.13. The summed E-state index contributed by atoms with van der Waals surface area (Å²) >= 11 is 3.52. The van der Waals surface area contributed by atoms with Gasteiger partial charge in [-0.3, -0.25) is 0 Å². The Hall–Kier alpha value is 0.440. The van der Waals surface area contributed by atoms with E-state index in [1.807, 2.05) is 0 Å². The molecule has 1 nitrogen and oxygen atoms in total. The molecule has 0 aromatic heterocycles. The number of rotatable bonds is 9. The summed E-state index contributed by atoms with van der Waals surface area (Å²) in [5.41, 5.74) is 0.